The molecule has 1 heterocycles. The third-order valence-corrected chi connectivity index (χ3v) is 3.42. The van der Waals surface area contributed by atoms with Crippen LogP contribution in [0, 0.1) is 5.92 Å². The van der Waals surface area contributed by atoms with Crippen molar-refractivity contribution < 1.29 is 9.53 Å². The lowest BCUT2D eigenvalue weighted by Crippen LogP contribution is -2.42. The molecule has 0 unspecified atom stereocenters. The number of amides is 1. The molecule has 3 heteroatoms. The topological polar surface area (TPSA) is 29.5 Å². The molecule has 1 aromatic carbocycles. The molecule has 1 saturated heterocycles. The first kappa shape index (κ1) is 13.9. The van der Waals surface area contributed by atoms with Gasteiger partial charge in [0.2, 0.25) is 5.91 Å². The predicted molar refractivity (Wildman–Crippen MR) is 76.1 cm³/mol. The minimum Gasteiger partial charge on any atom is -0.490 e. The van der Waals surface area contributed by atoms with E-state index in [0.29, 0.717) is 12.3 Å². The minimum atomic E-state index is 0.241. The number of para-hydroxylation sites is 1. The lowest BCUT2D eigenvalue weighted by molar-refractivity contribution is -0.133. The SMILES string of the molecule is CC(C)CC(=O)N1CCC(Oc2ccccc2)CC1. The molecular formula is C16H23NO2. The second-order valence-electron chi connectivity index (χ2n) is 5.61. The van der Waals surface area contributed by atoms with Crippen LogP contribution < -0.4 is 4.74 Å². The van der Waals surface area contributed by atoms with Crippen molar-refractivity contribution in [3.05, 3.63) is 30.3 Å². The van der Waals surface area contributed by atoms with Crippen LogP contribution in [-0.4, -0.2) is 30.0 Å². The molecule has 2 rings (SSSR count). The summed E-state index contributed by atoms with van der Waals surface area (Å²) in [5.41, 5.74) is 0. The van der Waals surface area contributed by atoms with Gasteiger partial charge in [0, 0.05) is 32.4 Å². The predicted octanol–water partition coefficient (Wildman–Crippen LogP) is 3.10. The highest BCUT2D eigenvalue weighted by molar-refractivity contribution is 5.76. The first-order valence-corrected chi connectivity index (χ1v) is 7.14. The summed E-state index contributed by atoms with van der Waals surface area (Å²) in [5.74, 6) is 1.65. The maximum absolute atomic E-state index is 12.0. The van der Waals surface area contributed by atoms with E-state index in [-0.39, 0.29) is 12.0 Å². The maximum atomic E-state index is 12.0. The van der Waals surface area contributed by atoms with Crippen LogP contribution >= 0.6 is 0 Å². The van der Waals surface area contributed by atoms with E-state index >= 15 is 0 Å². The van der Waals surface area contributed by atoms with E-state index in [1.54, 1.807) is 0 Å². The highest BCUT2D eigenvalue weighted by Crippen LogP contribution is 2.19. The van der Waals surface area contributed by atoms with E-state index < -0.39 is 0 Å². The van der Waals surface area contributed by atoms with Crippen molar-refractivity contribution in [3.63, 3.8) is 0 Å². The molecule has 1 amide bonds. The van der Waals surface area contributed by atoms with Crippen LogP contribution in [0.1, 0.15) is 33.1 Å². The van der Waals surface area contributed by atoms with Gasteiger partial charge in [-0.15, -0.1) is 0 Å². The van der Waals surface area contributed by atoms with E-state index in [2.05, 4.69) is 13.8 Å². The number of carbonyl (C=O) groups excluding carboxylic acids is 1. The van der Waals surface area contributed by atoms with E-state index in [4.69, 9.17) is 4.74 Å². The van der Waals surface area contributed by atoms with Crippen LogP contribution in [-0.2, 0) is 4.79 Å². The summed E-state index contributed by atoms with van der Waals surface area (Å²) in [6.45, 7) is 5.82. The van der Waals surface area contributed by atoms with Gasteiger partial charge in [0.15, 0.2) is 0 Å². The Morgan fingerprint density at radius 2 is 1.89 bits per heavy atom. The quantitative estimate of drug-likeness (QED) is 0.833. The molecule has 0 radical (unpaired) electrons. The Labute approximate surface area is 115 Å². The summed E-state index contributed by atoms with van der Waals surface area (Å²) in [4.78, 5) is 13.9. The molecule has 0 N–H and O–H groups in total. The zero-order chi connectivity index (χ0) is 13.7. The van der Waals surface area contributed by atoms with E-state index in [1.807, 2.05) is 35.2 Å². The summed E-state index contributed by atoms with van der Waals surface area (Å²) < 4.78 is 5.93. The van der Waals surface area contributed by atoms with Gasteiger partial charge in [0.1, 0.15) is 11.9 Å². The molecule has 0 aliphatic carbocycles. The molecular weight excluding hydrogens is 238 g/mol. The smallest absolute Gasteiger partial charge is 0.222 e. The fourth-order valence-electron chi connectivity index (χ4n) is 2.39. The number of piperidine rings is 1. The second kappa shape index (κ2) is 6.60. The largest absolute Gasteiger partial charge is 0.490 e. The third kappa shape index (κ3) is 4.27. The number of carbonyl (C=O) groups is 1. The van der Waals surface area contributed by atoms with Gasteiger partial charge in [-0.1, -0.05) is 32.0 Å². The highest BCUT2D eigenvalue weighted by atomic mass is 16.5. The lowest BCUT2D eigenvalue weighted by Gasteiger charge is -2.32. The molecule has 0 spiro atoms. The maximum Gasteiger partial charge on any atom is 0.222 e. The molecule has 104 valence electrons. The number of hydrogen-bond acceptors (Lipinski definition) is 2. The van der Waals surface area contributed by atoms with Gasteiger partial charge in [0.05, 0.1) is 0 Å². The minimum absolute atomic E-state index is 0.241. The first-order valence-electron chi connectivity index (χ1n) is 7.14. The Morgan fingerprint density at radius 3 is 2.47 bits per heavy atom. The average molecular weight is 261 g/mol. The van der Waals surface area contributed by atoms with E-state index in [1.165, 1.54) is 0 Å². The summed E-state index contributed by atoms with van der Waals surface area (Å²) in [6.07, 6.45) is 2.76. The average Bonchev–Trinajstić information content (AvgIpc) is 2.40. The number of rotatable bonds is 4. The molecule has 1 aromatic rings. The van der Waals surface area contributed by atoms with Crippen molar-refractivity contribution in [2.24, 2.45) is 5.92 Å². The number of hydrogen-bond donors (Lipinski definition) is 0. The van der Waals surface area contributed by atoms with Gasteiger partial charge in [0.25, 0.3) is 0 Å². The van der Waals surface area contributed by atoms with Crippen molar-refractivity contribution in [3.8, 4) is 5.75 Å². The van der Waals surface area contributed by atoms with E-state index in [9.17, 15) is 4.79 Å². The summed E-state index contributed by atoms with van der Waals surface area (Å²) in [5, 5.41) is 0. The van der Waals surface area contributed by atoms with E-state index in [0.717, 1.165) is 31.7 Å². The molecule has 0 saturated carbocycles. The van der Waals surface area contributed by atoms with Gasteiger partial charge in [-0.25, -0.2) is 0 Å². The summed E-state index contributed by atoms with van der Waals surface area (Å²) >= 11 is 0. The molecule has 1 aliphatic rings. The van der Waals surface area contributed by atoms with Crippen LogP contribution in [0.5, 0.6) is 5.75 Å². The summed E-state index contributed by atoms with van der Waals surface area (Å²) in [6, 6.07) is 9.92. The van der Waals surface area contributed by atoms with Crippen LogP contribution in [0.15, 0.2) is 30.3 Å². The van der Waals surface area contributed by atoms with Crippen molar-refractivity contribution >= 4 is 5.91 Å². The Morgan fingerprint density at radius 1 is 1.26 bits per heavy atom. The molecule has 3 nitrogen and oxygen atoms in total. The summed E-state index contributed by atoms with van der Waals surface area (Å²) in [7, 11) is 0. The fraction of sp³-hybridized carbons (Fsp3) is 0.562. The zero-order valence-electron chi connectivity index (χ0n) is 11.8. The van der Waals surface area contributed by atoms with Gasteiger partial charge in [-0.05, 0) is 18.1 Å². The van der Waals surface area contributed by atoms with Crippen LogP contribution in [0.4, 0.5) is 0 Å². The Hall–Kier alpha value is -1.51. The standard InChI is InChI=1S/C16H23NO2/c1-13(2)12-16(18)17-10-8-15(9-11-17)19-14-6-4-3-5-7-14/h3-7,13,15H,8-12H2,1-2H3. The number of ether oxygens (including phenoxy) is 1. The van der Waals surface area contributed by atoms with Crippen molar-refractivity contribution in [2.45, 2.75) is 39.2 Å². The number of likely N-dealkylation sites (tertiary alicyclic amines) is 1. The molecule has 0 bridgehead atoms. The number of benzene rings is 1. The molecule has 1 fully saturated rings. The first-order chi connectivity index (χ1) is 9.15. The monoisotopic (exact) mass is 261 g/mol. The Balaban J connectivity index is 1.78. The van der Waals surface area contributed by atoms with Gasteiger partial charge in [-0.3, -0.25) is 4.79 Å². The Bertz CT molecular complexity index is 394. The second-order valence-corrected chi connectivity index (χ2v) is 5.61. The molecule has 0 aromatic heterocycles. The van der Waals surface area contributed by atoms with Gasteiger partial charge < -0.3 is 9.64 Å². The van der Waals surface area contributed by atoms with Gasteiger partial charge >= 0.3 is 0 Å². The van der Waals surface area contributed by atoms with Crippen molar-refractivity contribution in [1.29, 1.82) is 0 Å². The lowest BCUT2D eigenvalue weighted by atomic mass is 10.0. The normalized spacial score (nSPS) is 16.7. The van der Waals surface area contributed by atoms with Crippen LogP contribution in [0.2, 0.25) is 0 Å². The third-order valence-electron chi connectivity index (χ3n) is 3.42. The highest BCUT2D eigenvalue weighted by Gasteiger charge is 2.23. The van der Waals surface area contributed by atoms with Crippen LogP contribution in [0.3, 0.4) is 0 Å². The molecule has 0 atom stereocenters. The molecule has 19 heavy (non-hydrogen) atoms. The Kier molecular flexibility index (Phi) is 4.83. The van der Waals surface area contributed by atoms with Crippen molar-refractivity contribution in [1.82, 2.24) is 4.90 Å². The van der Waals surface area contributed by atoms with Crippen molar-refractivity contribution in [2.75, 3.05) is 13.1 Å². The fourth-order valence-corrected chi connectivity index (χ4v) is 2.39. The van der Waals surface area contributed by atoms with Gasteiger partial charge in [-0.2, -0.15) is 0 Å². The number of nitrogens with zero attached hydrogens (tertiary/aromatic N) is 1. The molecule has 1 aliphatic heterocycles. The zero-order valence-corrected chi connectivity index (χ0v) is 11.8. The van der Waals surface area contributed by atoms with Crippen LogP contribution in [0.25, 0.3) is 0 Å².